The number of piperazine rings is 1. The minimum Gasteiger partial charge on any atom is -0.502 e. The van der Waals surface area contributed by atoms with Crippen LogP contribution in [0.25, 0.3) is 0 Å². The molecule has 1 amide bonds. The van der Waals surface area contributed by atoms with Crippen LogP contribution in [0.2, 0.25) is 0 Å². The van der Waals surface area contributed by atoms with E-state index in [-0.39, 0.29) is 24.0 Å². The number of aliphatic hydroxyl groups is 1. The van der Waals surface area contributed by atoms with Gasteiger partial charge in [0.15, 0.2) is 5.76 Å². The second-order valence-corrected chi connectivity index (χ2v) is 5.51. The van der Waals surface area contributed by atoms with Gasteiger partial charge in [0.25, 0.3) is 0 Å². The molecule has 1 fully saturated rings. The van der Waals surface area contributed by atoms with Crippen LogP contribution in [0, 0.1) is 0 Å². The summed E-state index contributed by atoms with van der Waals surface area (Å²) in [5.74, 6) is -0.0939. The Kier molecular flexibility index (Phi) is 6.14. The van der Waals surface area contributed by atoms with Crippen LogP contribution in [-0.4, -0.2) is 65.2 Å². The number of nitrogens with zero attached hydrogens (tertiary/aromatic N) is 2. The lowest BCUT2D eigenvalue weighted by Crippen LogP contribution is -2.49. The number of likely N-dealkylation sites (N-methyl/N-ethyl adjacent to an activating group) is 1. The largest absolute Gasteiger partial charge is 0.502 e. The van der Waals surface area contributed by atoms with Gasteiger partial charge in [0.2, 0.25) is 17.1 Å². The molecule has 2 rings (SSSR count). The van der Waals surface area contributed by atoms with Gasteiger partial charge in [-0.3, -0.25) is 19.4 Å². The standard InChI is InChI=1S/C15H23N3O5/c1-2-16-14(21)9-18-5-3-17(4-6-18)8-13-15(22)12(20)7-11(10-19)23-13/h7,19,22H,2-6,8-10H2,1H3,(H,16,21). The van der Waals surface area contributed by atoms with Gasteiger partial charge in [0.1, 0.15) is 12.4 Å². The lowest BCUT2D eigenvalue weighted by atomic mass is 10.2. The van der Waals surface area contributed by atoms with Crippen molar-refractivity contribution in [1.82, 2.24) is 15.1 Å². The van der Waals surface area contributed by atoms with Gasteiger partial charge in [-0.15, -0.1) is 0 Å². The molecule has 23 heavy (non-hydrogen) atoms. The molecular formula is C15H23N3O5. The van der Waals surface area contributed by atoms with Crippen molar-refractivity contribution in [2.75, 3.05) is 39.3 Å². The number of rotatable bonds is 6. The number of hydrogen-bond donors (Lipinski definition) is 3. The number of carbonyl (C=O) groups is 1. The van der Waals surface area contributed by atoms with Crippen molar-refractivity contribution >= 4 is 5.91 Å². The fourth-order valence-corrected chi connectivity index (χ4v) is 2.54. The van der Waals surface area contributed by atoms with Crippen LogP contribution < -0.4 is 10.7 Å². The van der Waals surface area contributed by atoms with Gasteiger partial charge in [-0.25, -0.2) is 0 Å². The molecule has 0 atom stereocenters. The maximum absolute atomic E-state index is 11.6. The van der Waals surface area contributed by atoms with Crippen molar-refractivity contribution in [3.05, 3.63) is 27.8 Å². The van der Waals surface area contributed by atoms with Gasteiger partial charge in [-0.1, -0.05) is 0 Å². The topological polar surface area (TPSA) is 106 Å². The van der Waals surface area contributed by atoms with Crippen molar-refractivity contribution in [2.24, 2.45) is 0 Å². The van der Waals surface area contributed by atoms with Crippen LogP contribution in [0.3, 0.4) is 0 Å². The van der Waals surface area contributed by atoms with Crippen LogP contribution in [-0.2, 0) is 17.9 Å². The molecule has 0 radical (unpaired) electrons. The molecule has 128 valence electrons. The zero-order valence-corrected chi connectivity index (χ0v) is 13.2. The lowest BCUT2D eigenvalue weighted by Gasteiger charge is -2.33. The van der Waals surface area contributed by atoms with E-state index in [4.69, 9.17) is 9.52 Å². The second kappa shape index (κ2) is 8.09. The van der Waals surface area contributed by atoms with Crippen molar-refractivity contribution < 1.29 is 19.4 Å². The van der Waals surface area contributed by atoms with E-state index in [1.54, 1.807) is 0 Å². The van der Waals surface area contributed by atoms with Crippen molar-refractivity contribution in [3.63, 3.8) is 0 Å². The van der Waals surface area contributed by atoms with E-state index in [9.17, 15) is 14.7 Å². The summed E-state index contributed by atoms with van der Waals surface area (Å²) in [5, 5.41) is 21.6. The van der Waals surface area contributed by atoms with E-state index in [0.717, 1.165) is 19.2 Å². The minimum atomic E-state index is -0.551. The van der Waals surface area contributed by atoms with E-state index in [1.807, 2.05) is 11.8 Å². The highest BCUT2D eigenvalue weighted by atomic mass is 16.4. The predicted octanol–water partition coefficient (Wildman–Crippen LogP) is -0.909. The molecule has 0 aliphatic carbocycles. The number of aromatic hydroxyl groups is 1. The first-order valence-electron chi connectivity index (χ1n) is 7.70. The van der Waals surface area contributed by atoms with Gasteiger partial charge in [-0.2, -0.15) is 0 Å². The fraction of sp³-hybridized carbons (Fsp3) is 0.600. The molecule has 0 saturated carbocycles. The molecule has 0 bridgehead atoms. The highest BCUT2D eigenvalue weighted by Gasteiger charge is 2.21. The molecule has 3 N–H and O–H groups in total. The van der Waals surface area contributed by atoms with E-state index < -0.39 is 11.2 Å². The summed E-state index contributed by atoms with van der Waals surface area (Å²) in [6, 6.07) is 1.09. The zero-order chi connectivity index (χ0) is 16.8. The van der Waals surface area contributed by atoms with Gasteiger partial charge >= 0.3 is 0 Å². The summed E-state index contributed by atoms with van der Waals surface area (Å²) >= 11 is 0. The molecule has 1 saturated heterocycles. The zero-order valence-electron chi connectivity index (χ0n) is 13.2. The minimum absolute atomic E-state index is 0.0141. The quantitative estimate of drug-likeness (QED) is 0.622. The molecule has 1 aromatic heterocycles. The van der Waals surface area contributed by atoms with Gasteiger partial charge < -0.3 is 19.9 Å². The first-order valence-corrected chi connectivity index (χ1v) is 7.70. The second-order valence-electron chi connectivity index (χ2n) is 5.51. The fourth-order valence-electron chi connectivity index (χ4n) is 2.54. The molecule has 1 aromatic rings. The molecule has 0 spiro atoms. The Hall–Kier alpha value is -1.90. The first kappa shape index (κ1) is 17.5. The normalized spacial score (nSPS) is 16.4. The van der Waals surface area contributed by atoms with Crippen LogP contribution in [0.15, 0.2) is 15.3 Å². The Morgan fingerprint density at radius 1 is 1.30 bits per heavy atom. The first-order chi connectivity index (χ1) is 11.0. The smallest absolute Gasteiger partial charge is 0.234 e. The van der Waals surface area contributed by atoms with Crippen molar-refractivity contribution in [3.8, 4) is 5.75 Å². The van der Waals surface area contributed by atoms with Gasteiger partial charge in [0.05, 0.1) is 13.1 Å². The summed E-state index contributed by atoms with van der Waals surface area (Å²) in [7, 11) is 0. The highest BCUT2D eigenvalue weighted by Crippen LogP contribution is 2.17. The Labute approximate surface area is 134 Å². The average molecular weight is 325 g/mol. The Morgan fingerprint density at radius 2 is 1.96 bits per heavy atom. The summed E-state index contributed by atoms with van der Waals surface area (Å²) in [5.41, 5.74) is -0.551. The van der Waals surface area contributed by atoms with E-state index in [1.165, 1.54) is 0 Å². The maximum Gasteiger partial charge on any atom is 0.234 e. The van der Waals surface area contributed by atoms with Crippen molar-refractivity contribution in [2.45, 2.75) is 20.1 Å². The van der Waals surface area contributed by atoms with E-state index >= 15 is 0 Å². The maximum atomic E-state index is 11.6. The molecule has 0 unspecified atom stereocenters. The van der Waals surface area contributed by atoms with Crippen molar-refractivity contribution in [1.29, 1.82) is 0 Å². The van der Waals surface area contributed by atoms with Crippen LogP contribution in [0.5, 0.6) is 5.75 Å². The Bertz CT molecular complexity index is 593. The van der Waals surface area contributed by atoms with Crippen LogP contribution in [0.4, 0.5) is 0 Å². The SMILES string of the molecule is CCNC(=O)CN1CCN(Cc2oc(CO)cc(=O)c2O)CC1. The van der Waals surface area contributed by atoms with Crippen LogP contribution >= 0.6 is 0 Å². The Morgan fingerprint density at radius 3 is 2.57 bits per heavy atom. The predicted molar refractivity (Wildman–Crippen MR) is 83.0 cm³/mol. The third-order valence-electron chi connectivity index (χ3n) is 3.77. The van der Waals surface area contributed by atoms with E-state index in [2.05, 4.69) is 10.2 Å². The highest BCUT2D eigenvalue weighted by molar-refractivity contribution is 5.77. The van der Waals surface area contributed by atoms with Crippen LogP contribution in [0.1, 0.15) is 18.4 Å². The third-order valence-corrected chi connectivity index (χ3v) is 3.77. The molecule has 8 nitrogen and oxygen atoms in total. The van der Waals surface area contributed by atoms with Gasteiger partial charge in [-0.05, 0) is 6.92 Å². The molecule has 0 aromatic carbocycles. The number of amides is 1. The average Bonchev–Trinajstić information content (AvgIpc) is 2.53. The monoisotopic (exact) mass is 325 g/mol. The number of carbonyl (C=O) groups excluding carboxylic acids is 1. The number of aliphatic hydroxyl groups excluding tert-OH is 1. The summed E-state index contributed by atoms with van der Waals surface area (Å²) in [6.07, 6.45) is 0. The van der Waals surface area contributed by atoms with E-state index in [0.29, 0.717) is 32.7 Å². The molecular weight excluding hydrogens is 302 g/mol. The lowest BCUT2D eigenvalue weighted by molar-refractivity contribution is -0.122. The molecule has 1 aliphatic rings. The molecule has 1 aliphatic heterocycles. The third kappa shape index (κ3) is 4.78. The molecule has 8 heteroatoms. The summed E-state index contributed by atoms with van der Waals surface area (Å²) < 4.78 is 5.34. The van der Waals surface area contributed by atoms with Gasteiger partial charge in [0, 0.05) is 38.8 Å². The molecule has 2 heterocycles. The summed E-state index contributed by atoms with van der Waals surface area (Å²) in [6.45, 7) is 5.64. The summed E-state index contributed by atoms with van der Waals surface area (Å²) in [4.78, 5) is 27.3. The number of hydrogen-bond acceptors (Lipinski definition) is 7. The number of nitrogens with one attached hydrogen (secondary N) is 1. The Balaban J connectivity index is 1.91.